The molecule has 1 aromatic carbocycles. The molecule has 3 heterocycles. The van der Waals surface area contributed by atoms with Gasteiger partial charge in [-0.2, -0.15) is 0 Å². The number of imide groups is 1. The fourth-order valence-electron chi connectivity index (χ4n) is 5.17. The number of benzene rings is 1. The van der Waals surface area contributed by atoms with Gasteiger partial charge in [-0.15, -0.1) is 0 Å². The van der Waals surface area contributed by atoms with E-state index in [0.29, 0.717) is 22.6 Å². The highest BCUT2D eigenvalue weighted by molar-refractivity contribution is 6.19. The third-order valence-electron chi connectivity index (χ3n) is 7.22. The molecule has 0 aliphatic carbocycles. The van der Waals surface area contributed by atoms with Gasteiger partial charge < -0.3 is 30.5 Å². The predicted molar refractivity (Wildman–Crippen MR) is 154 cm³/mol. The lowest BCUT2D eigenvalue weighted by Gasteiger charge is -2.37. The maximum atomic E-state index is 13.9. The van der Waals surface area contributed by atoms with Gasteiger partial charge in [0, 0.05) is 30.3 Å². The van der Waals surface area contributed by atoms with Crippen LogP contribution in [0.15, 0.2) is 12.1 Å². The summed E-state index contributed by atoms with van der Waals surface area (Å²) in [5.74, 6) is -2.85. The molecular weight excluding hydrogens is 560 g/mol. The van der Waals surface area contributed by atoms with Gasteiger partial charge >= 0.3 is 12.0 Å². The van der Waals surface area contributed by atoms with Gasteiger partial charge in [-0.05, 0) is 37.0 Å². The predicted octanol–water partition coefficient (Wildman–Crippen LogP) is 2.12. The van der Waals surface area contributed by atoms with Gasteiger partial charge in [0.2, 0.25) is 0 Å². The second-order valence-electron chi connectivity index (χ2n) is 11.2. The third kappa shape index (κ3) is 5.59. The molecule has 43 heavy (non-hydrogen) atoms. The number of nitrogens with zero attached hydrogens (tertiary/aromatic N) is 3. The van der Waals surface area contributed by atoms with Crippen LogP contribution in [0.5, 0.6) is 11.5 Å². The Morgan fingerprint density at radius 2 is 1.93 bits per heavy atom. The smallest absolute Gasteiger partial charge is 0.326 e. The van der Waals surface area contributed by atoms with E-state index < -0.39 is 47.5 Å². The van der Waals surface area contributed by atoms with Crippen LogP contribution in [-0.2, 0) is 21.5 Å². The largest absolute Gasteiger partial charge is 0.491 e. The number of nitrogens with one attached hydrogen (secondary N) is 2. The monoisotopic (exact) mass is 594 g/mol. The maximum Gasteiger partial charge on any atom is 0.326 e. The van der Waals surface area contributed by atoms with Crippen molar-refractivity contribution in [1.29, 1.82) is 5.41 Å². The second kappa shape index (κ2) is 11.3. The molecule has 4 rings (SSSR count). The first-order valence-electron chi connectivity index (χ1n) is 13.6. The molecule has 1 atom stereocenters. The lowest BCUT2D eigenvalue weighted by atomic mass is 9.82. The molecule has 2 aliphatic rings. The molecule has 0 fully saturated rings. The number of amidine groups is 1. The zero-order valence-corrected chi connectivity index (χ0v) is 24.8. The zero-order chi connectivity index (χ0) is 32.0. The van der Waals surface area contributed by atoms with E-state index in [1.807, 2.05) is 20.8 Å². The summed E-state index contributed by atoms with van der Waals surface area (Å²) in [6.45, 7) is 9.02. The van der Waals surface area contributed by atoms with Crippen molar-refractivity contribution in [3.05, 3.63) is 45.8 Å². The summed E-state index contributed by atoms with van der Waals surface area (Å²) >= 11 is 0. The van der Waals surface area contributed by atoms with Crippen molar-refractivity contribution in [2.45, 2.75) is 59.1 Å². The Hall–Kier alpha value is -5.01. The molecular formula is C29H34N6O8. The molecule has 14 nitrogen and oxygen atoms in total. The number of rotatable bonds is 8. The lowest BCUT2D eigenvalue weighted by molar-refractivity contribution is -0.142. The number of aromatic nitrogens is 1. The number of anilines is 1. The van der Waals surface area contributed by atoms with Crippen molar-refractivity contribution in [2.75, 3.05) is 25.1 Å². The molecule has 0 saturated carbocycles. The van der Waals surface area contributed by atoms with Crippen LogP contribution in [0.4, 0.5) is 10.5 Å². The number of hydrogen-bond acceptors (Lipinski definition) is 9. The number of carbonyl (C=O) groups excluding carboxylic acids is 4. The van der Waals surface area contributed by atoms with Crippen LogP contribution in [0.25, 0.3) is 0 Å². The summed E-state index contributed by atoms with van der Waals surface area (Å²) in [6, 6.07) is 2.10. The Bertz CT molecular complexity index is 1580. The van der Waals surface area contributed by atoms with Crippen molar-refractivity contribution in [1.82, 2.24) is 15.2 Å². The van der Waals surface area contributed by atoms with Crippen LogP contribution in [0.2, 0.25) is 0 Å². The summed E-state index contributed by atoms with van der Waals surface area (Å²) in [5.41, 5.74) is 6.64. The van der Waals surface area contributed by atoms with Crippen molar-refractivity contribution in [3.8, 4) is 11.5 Å². The number of carboxylic acids is 1. The average molecular weight is 595 g/mol. The Labute approximate surface area is 247 Å². The average Bonchev–Trinajstić information content (AvgIpc) is 3.21. The van der Waals surface area contributed by atoms with Gasteiger partial charge in [-0.1, -0.05) is 20.8 Å². The highest BCUT2D eigenvalue weighted by Crippen LogP contribution is 2.46. The quantitative estimate of drug-likeness (QED) is 0.328. The Morgan fingerprint density at radius 1 is 1.26 bits per heavy atom. The molecule has 5 N–H and O–H groups in total. The number of pyridine rings is 1. The van der Waals surface area contributed by atoms with Crippen LogP contribution in [-0.4, -0.2) is 76.7 Å². The number of hydrogen-bond donors (Lipinski definition) is 4. The fraction of sp³-hybridized carbons (Fsp3) is 0.414. The normalized spacial score (nSPS) is 15.9. The second-order valence-corrected chi connectivity index (χ2v) is 11.2. The van der Waals surface area contributed by atoms with E-state index >= 15 is 0 Å². The number of primary amides is 1. The van der Waals surface area contributed by atoms with Crippen LogP contribution >= 0.6 is 0 Å². The summed E-state index contributed by atoms with van der Waals surface area (Å²) in [4.78, 5) is 69.9. The number of Topliss-reactive ketones (excluding diaryl/α,β-unsaturated/α-hetero) is 1. The summed E-state index contributed by atoms with van der Waals surface area (Å²) < 4.78 is 11.5. The number of amides is 4. The van der Waals surface area contributed by atoms with Gasteiger partial charge in [0.05, 0.1) is 25.3 Å². The van der Waals surface area contributed by atoms with Crippen LogP contribution < -0.4 is 25.4 Å². The number of carboxylic acid groups (broad SMARTS) is 1. The molecule has 2 aliphatic heterocycles. The minimum atomic E-state index is -1.49. The number of fused-ring (bicyclic) bond motifs is 2. The van der Waals surface area contributed by atoms with Gasteiger partial charge in [-0.25, -0.2) is 14.7 Å². The standard InChI is InChI=1S/C29H34N6O8/c1-7-42-18-8-14-11-34(25(30)21(14)33-22(18)26(39)32-6)12-17(36)15-9-16(29(3,4)5)24-23(13(15)2)35(28(31)41)27(40)19(43-24)10-20(37)38/h8-9,19,30H,7,10-12H2,1-6H3,(H2,31,41)(H,32,39)(H,37,38). The first-order chi connectivity index (χ1) is 20.1. The van der Waals surface area contributed by atoms with Gasteiger partial charge in [0.1, 0.15) is 17.3 Å². The first-order valence-corrected chi connectivity index (χ1v) is 13.6. The number of ketones is 1. The van der Waals surface area contributed by atoms with Crippen molar-refractivity contribution >= 4 is 41.1 Å². The number of carbonyl (C=O) groups is 5. The summed E-state index contributed by atoms with van der Waals surface area (Å²) in [6.07, 6.45) is -2.18. The fourth-order valence-corrected chi connectivity index (χ4v) is 5.17. The third-order valence-corrected chi connectivity index (χ3v) is 7.22. The molecule has 0 spiro atoms. The summed E-state index contributed by atoms with van der Waals surface area (Å²) in [7, 11) is 1.46. The Kier molecular flexibility index (Phi) is 8.16. The topological polar surface area (TPSA) is 205 Å². The molecule has 0 radical (unpaired) electrons. The number of nitrogens with two attached hydrogens (primary N) is 1. The molecule has 1 unspecified atom stereocenters. The van der Waals surface area contributed by atoms with Gasteiger partial charge in [0.15, 0.2) is 23.3 Å². The molecule has 1 aromatic heterocycles. The molecule has 0 saturated heterocycles. The van der Waals surface area contributed by atoms with E-state index in [9.17, 15) is 29.1 Å². The van der Waals surface area contributed by atoms with E-state index in [0.717, 1.165) is 0 Å². The molecule has 2 aromatic rings. The van der Waals surface area contributed by atoms with E-state index in [1.54, 1.807) is 19.1 Å². The van der Waals surface area contributed by atoms with Crippen molar-refractivity contribution in [3.63, 3.8) is 0 Å². The molecule has 4 amide bonds. The van der Waals surface area contributed by atoms with E-state index in [2.05, 4.69) is 10.3 Å². The molecule has 0 bridgehead atoms. The summed E-state index contributed by atoms with van der Waals surface area (Å²) in [5, 5.41) is 20.5. The minimum absolute atomic E-state index is 0.0204. The Morgan fingerprint density at radius 3 is 2.49 bits per heavy atom. The SMILES string of the molecule is CCOc1cc2c(nc1C(=O)NC)C(=N)N(CC(=O)c1cc(C(C)(C)C)c3c(c1C)N(C(N)=O)C(=O)C(CC(=O)O)O3)C2. The van der Waals surface area contributed by atoms with E-state index in [4.69, 9.17) is 20.6 Å². The van der Waals surface area contributed by atoms with Crippen molar-refractivity contribution < 1.29 is 38.6 Å². The van der Waals surface area contributed by atoms with Gasteiger partial charge in [0.25, 0.3) is 11.8 Å². The van der Waals surface area contributed by atoms with Gasteiger partial charge in [-0.3, -0.25) is 24.6 Å². The first kappa shape index (κ1) is 30.9. The molecule has 228 valence electrons. The molecule has 14 heteroatoms. The van der Waals surface area contributed by atoms with Crippen LogP contribution in [0, 0.1) is 12.3 Å². The highest BCUT2D eigenvalue weighted by Gasteiger charge is 2.43. The number of aliphatic carboxylic acids is 1. The van der Waals surface area contributed by atoms with Crippen LogP contribution in [0.1, 0.15) is 77.3 Å². The number of ether oxygens (including phenoxy) is 2. The van der Waals surface area contributed by atoms with E-state index in [-0.39, 0.29) is 58.6 Å². The van der Waals surface area contributed by atoms with Crippen LogP contribution in [0.3, 0.4) is 0 Å². The van der Waals surface area contributed by atoms with E-state index in [1.165, 1.54) is 18.9 Å². The maximum absolute atomic E-state index is 13.9. The zero-order valence-electron chi connectivity index (χ0n) is 24.8. The van der Waals surface area contributed by atoms with Crippen molar-refractivity contribution in [2.24, 2.45) is 5.73 Å². The highest BCUT2D eigenvalue weighted by atomic mass is 16.5. The lowest BCUT2D eigenvalue weighted by Crippen LogP contribution is -2.52. The Balaban J connectivity index is 1.76. The number of urea groups is 1. The minimum Gasteiger partial charge on any atom is -0.491 e.